The van der Waals surface area contributed by atoms with Gasteiger partial charge < -0.3 is 0 Å². The van der Waals surface area contributed by atoms with Gasteiger partial charge in [0.2, 0.25) is 0 Å². The molecular formula is C49H44F4N2O. The summed E-state index contributed by atoms with van der Waals surface area (Å²) in [6, 6.07) is 41.7. The van der Waals surface area contributed by atoms with Gasteiger partial charge in [-0.05, 0) is 146 Å². The smallest absolute Gasteiger partial charge is 0.193 e. The fourth-order valence-corrected chi connectivity index (χ4v) is 9.20. The van der Waals surface area contributed by atoms with Gasteiger partial charge in [-0.15, -0.1) is 0 Å². The number of carbonyl (C=O) groups excluding carboxylic acids is 1. The average Bonchev–Trinajstić information content (AvgIpc) is 3.23. The van der Waals surface area contributed by atoms with Crippen molar-refractivity contribution in [2.75, 3.05) is 26.2 Å². The molecule has 8 rings (SSSR count). The van der Waals surface area contributed by atoms with Gasteiger partial charge in [0.05, 0.1) is 0 Å². The van der Waals surface area contributed by atoms with Crippen LogP contribution in [0, 0.1) is 23.3 Å². The van der Waals surface area contributed by atoms with Crippen LogP contribution >= 0.6 is 0 Å². The van der Waals surface area contributed by atoms with Gasteiger partial charge in [0.25, 0.3) is 0 Å². The lowest BCUT2D eigenvalue weighted by Crippen LogP contribution is -2.44. The molecule has 2 aliphatic heterocycles. The molecule has 0 bridgehead atoms. The Hall–Kier alpha value is -5.37. The Morgan fingerprint density at radius 2 is 0.786 bits per heavy atom. The zero-order valence-electron chi connectivity index (χ0n) is 31.2. The summed E-state index contributed by atoms with van der Waals surface area (Å²) in [6.45, 7) is 4.19. The monoisotopic (exact) mass is 752 g/mol. The van der Waals surface area contributed by atoms with Crippen LogP contribution in [0.4, 0.5) is 17.6 Å². The minimum Gasteiger partial charge on any atom is -0.299 e. The van der Waals surface area contributed by atoms with Gasteiger partial charge >= 0.3 is 0 Å². The van der Waals surface area contributed by atoms with E-state index >= 15 is 13.6 Å². The number of carbonyl (C=O) groups is 1. The fourth-order valence-electron chi connectivity index (χ4n) is 9.20. The highest BCUT2D eigenvalue weighted by atomic mass is 19.1. The molecule has 2 saturated heterocycles. The van der Waals surface area contributed by atoms with E-state index in [1.807, 2.05) is 36.4 Å². The quantitative estimate of drug-likeness (QED) is 0.103. The van der Waals surface area contributed by atoms with Gasteiger partial charge in [-0.2, -0.15) is 0 Å². The van der Waals surface area contributed by atoms with E-state index in [9.17, 15) is 8.78 Å². The summed E-state index contributed by atoms with van der Waals surface area (Å²) in [4.78, 5) is 20.0. The first-order valence-corrected chi connectivity index (χ1v) is 19.4. The predicted molar refractivity (Wildman–Crippen MR) is 212 cm³/mol. The summed E-state index contributed by atoms with van der Waals surface area (Å²) < 4.78 is 59.9. The predicted octanol–water partition coefficient (Wildman–Crippen LogP) is 10.6. The van der Waals surface area contributed by atoms with Gasteiger partial charge in [0.1, 0.15) is 23.3 Å². The standard InChI is InChI=1S/C49H44F4N2O/c50-39-15-11-37(12-16-39)48(23-27-54(28-24-48)33-35-7-3-1-4-8-35)45-31-41(52)19-21-43(45)47(56)44-22-20-42(53)32-46(44)49(38-13-17-40(51)18-14-38)25-29-55(30-26-49)34-36-9-5-2-6-10-36/h1-22,31-32H,23-30,33-34H2. The van der Waals surface area contributed by atoms with Crippen molar-refractivity contribution in [3.8, 4) is 0 Å². The normalized spacial score (nSPS) is 17.1. The van der Waals surface area contributed by atoms with Gasteiger partial charge in [0, 0.05) is 35.0 Å². The van der Waals surface area contributed by atoms with Crippen molar-refractivity contribution in [3.05, 3.63) is 213 Å². The number of piperidine rings is 2. The summed E-state index contributed by atoms with van der Waals surface area (Å²) in [5.41, 5.74) is 4.14. The summed E-state index contributed by atoms with van der Waals surface area (Å²) >= 11 is 0. The SMILES string of the molecule is O=C(c1ccc(F)cc1C1(c2ccc(F)cc2)CCN(Cc2ccccc2)CC1)c1ccc(F)cc1C1(c2ccc(F)cc2)CCN(Cc2ccccc2)CC1. The molecule has 0 atom stereocenters. The molecule has 3 nitrogen and oxygen atoms in total. The topological polar surface area (TPSA) is 23.6 Å². The van der Waals surface area contributed by atoms with Crippen molar-refractivity contribution in [3.63, 3.8) is 0 Å². The lowest BCUT2D eigenvalue weighted by atomic mass is 9.64. The molecule has 0 saturated carbocycles. The molecule has 0 spiro atoms. The Morgan fingerprint density at radius 1 is 0.446 bits per heavy atom. The Labute approximate surface area is 326 Å². The summed E-state index contributed by atoms with van der Waals surface area (Å²) in [7, 11) is 0. The summed E-state index contributed by atoms with van der Waals surface area (Å²) in [5.74, 6) is -2.04. The van der Waals surface area contributed by atoms with E-state index in [-0.39, 0.29) is 17.4 Å². The Morgan fingerprint density at radius 3 is 1.14 bits per heavy atom. The molecule has 0 aliphatic carbocycles. The van der Waals surface area contributed by atoms with Crippen LogP contribution in [0.1, 0.15) is 75.0 Å². The maximum atomic E-state index is 15.5. The molecule has 0 amide bonds. The van der Waals surface area contributed by atoms with Crippen LogP contribution in [-0.2, 0) is 23.9 Å². The molecule has 284 valence electrons. The second-order valence-corrected chi connectivity index (χ2v) is 15.4. The van der Waals surface area contributed by atoms with Gasteiger partial charge in [-0.3, -0.25) is 14.6 Å². The first-order valence-electron chi connectivity index (χ1n) is 19.4. The van der Waals surface area contributed by atoms with Gasteiger partial charge in [0.15, 0.2) is 5.78 Å². The molecule has 0 unspecified atom stereocenters. The zero-order chi connectivity index (χ0) is 38.7. The molecule has 7 heteroatoms. The van der Waals surface area contributed by atoms with E-state index < -0.39 is 22.5 Å². The lowest BCUT2D eigenvalue weighted by Gasteiger charge is -2.44. The Balaban J connectivity index is 1.20. The van der Waals surface area contributed by atoms with E-state index in [2.05, 4.69) is 34.1 Å². The Bertz CT molecular complexity index is 2120. The number of halogens is 4. The number of likely N-dealkylation sites (tertiary alicyclic amines) is 2. The zero-order valence-corrected chi connectivity index (χ0v) is 31.2. The van der Waals surface area contributed by atoms with Crippen molar-refractivity contribution in [2.24, 2.45) is 0 Å². The minimum absolute atomic E-state index is 0.330. The van der Waals surface area contributed by atoms with Crippen molar-refractivity contribution in [2.45, 2.75) is 49.6 Å². The van der Waals surface area contributed by atoms with Crippen LogP contribution < -0.4 is 0 Å². The summed E-state index contributed by atoms with van der Waals surface area (Å²) in [5, 5.41) is 0. The molecule has 6 aromatic carbocycles. The van der Waals surface area contributed by atoms with Crippen molar-refractivity contribution < 1.29 is 22.4 Å². The fraction of sp³-hybridized carbons (Fsp3) is 0.245. The van der Waals surface area contributed by atoms with Crippen LogP contribution in [0.2, 0.25) is 0 Å². The average molecular weight is 753 g/mol. The number of hydrogen-bond acceptors (Lipinski definition) is 3. The maximum absolute atomic E-state index is 15.5. The van der Waals surface area contributed by atoms with E-state index in [4.69, 9.17) is 0 Å². The summed E-state index contributed by atoms with van der Waals surface area (Å²) in [6.07, 6.45) is 2.29. The van der Waals surface area contributed by atoms with Crippen LogP contribution in [0.15, 0.2) is 146 Å². The third kappa shape index (κ3) is 7.58. The second kappa shape index (κ2) is 16.0. The molecule has 0 aromatic heterocycles. The first kappa shape index (κ1) is 37.5. The van der Waals surface area contributed by atoms with E-state index in [1.165, 1.54) is 59.7 Å². The van der Waals surface area contributed by atoms with Crippen LogP contribution in [0.25, 0.3) is 0 Å². The Kier molecular flexibility index (Phi) is 10.7. The van der Waals surface area contributed by atoms with Gasteiger partial charge in [-0.25, -0.2) is 17.6 Å². The second-order valence-electron chi connectivity index (χ2n) is 15.4. The number of ketones is 1. The van der Waals surface area contributed by atoms with Crippen LogP contribution in [0.5, 0.6) is 0 Å². The third-order valence-electron chi connectivity index (χ3n) is 12.2. The molecular weight excluding hydrogens is 709 g/mol. The van der Waals surface area contributed by atoms with Crippen molar-refractivity contribution >= 4 is 5.78 Å². The molecule has 0 N–H and O–H groups in total. The van der Waals surface area contributed by atoms with Crippen LogP contribution in [-0.4, -0.2) is 41.8 Å². The maximum Gasteiger partial charge on any atom is 0.193 e. The molecule has 2 heterocycles. The largest absolute Gasteiger partial charge is 0.299 e. The number of rotatable bonds is 10. The molecule has 2 fully saturated rings. The first-order chi connectivity index (χ1) is 27.2. The molecule has 56 heavy (non-hydrogen) atoms. The molecule has 6 aromatic rings. The molecule has 0 radical (unpaired) electrons. The highest BCUT2D eigenvalue weighted by molar-refractivity contribution is 6.11. The van der Waals surface area contributed by atoms with Crippen LogP contribution in [0.3, 0.4) is 0 Å². The highest BCUT2D eigenvalue weighted by Crippen LogP contribution is 2.47. The number of nitrogens with zero attached hydrogens (tertiary/aromatic N) is 2. The molecule has 2 aliphatic rings. The minimum atomic E-state index is -0.800. The number of benzene rings is 6. The van der Waals surface area contributed by atoms with E-state index in [1.54, 1.807) is 36.4 Å². The number of hydrogen-bond donors (Lipinski definition) is 0. The highest BCUT2D eigenvalue weighted by Gasteiger charge is 2.43. The van der Waals surface area contributed by atoms with Crippen molar-refractivity contribution in [1.82, 2.24) is 9.80 Å². The van der Waals surface area contributed by atoms with E-state index in [0.717, 1.165) is 24.2 Å². The lowest BCUT2D eigenvalue weighted by molar-refractivity contribution is 0.102. The third-order valence-corrected chi connectivity index (χ3v) is 12.2. The van der Waals surface area contributed by atoms with Crippen molar-refractivity contribution in [1.29, 1.82) is 0 Å². The van der Waals surface area contributed by atoms with E-state index in [0.29, 0.717) is 74.1 Å². The van der Waals surface area contributed by atoms with Gasteiger partial charge in [-0.1, -0.05) is 84.9 Å².